The lowest BCUT2D eigenvalue weighted by atomic mass is 10.8. The molecule has 0 spiro atoms. The highest BCUT2D eigenvalue weighted by atomic mass is 31.2. The quantitative estimate of drug-likeness (QED) is 0.544. The average molecular weight is 236 g/mol. The Kier molecular flexibility index (Phi) is 5.10. The van der Waals surface area contributed by atoms with Crippen LogP contribution in [0.2, 0.25) is 19.6 Å². The third-order valence-corrected chi connectivity index (χ3v) is 5.97. The summed E-state index contributed by atoms with van der Waals surface area (Å²) in [7, 11) is -4.09. The summed E-state index contributed by atoms with van der Waals surface area (Å²) in [4.78, 5) is 11.4. The molecule has 84 valence electrons. The van der Waals surface area contributed by atoms with E-state index in [0.29, 0.717) is 12.3 Å². The van der Waals surface area contributed by atoms with Crippen LogP contribution in [-0.4, -0.2) is 32.8 Å². The molecule has 0 bridgehead atoms. The maximum atomic E-state index is 12.0. The van der Waals surface area contributed by atoms with Gasteiger partial charge in [0, 0.05) is 0 Å². The third-order valence-electron chi connectivity index (χ3n) is 1.99. The molecule has 0 rings (SSSR count). The number of carbonyl (C=O) groups is 1. The summed E-state index contributed by atoms with van der Waals surface area (Å²) in [6, 6.07) is 0. The SMILES string of the molecule is CCP(=O)(CC)CC(=O)O[Si](C)(C)C. The van der Waals surface area contributed by atoms with Gasteiger partial charge in [-0.3, -0.25) is 4.79 Å². The molecule has 0 aromatic heterocycles. The summed E-state index contributed by atoms with van der Waals surface area (Å²) in [5.74, 6) is -0.281. The van der Waals surface area contributed by atoms with E-state index in [4.69, 9.17) is 4.43 Å². The molecule has 0 unspecified atom stereocenters. The van der Waals surface area contributed by atoms with Crippen LogP contribution in [0.3, 0.4) is 0 Å². The normalized spacial score (nSPS) is 12.6. The minimum Gasteiger partial charge on any atom is -0.520 e. The molecule has 5 heteroatoms. The van der Waals surface area contributed by atoms with Crippen molar-refractivity contribution in [2.45, 2.75) is 33.5 Å². The fourth-order valence-electron chi connectivity index (χ4n) is 1.06. The Hall–Kier alpha value is -0.0831. The molecule has 0 N–H and O–H groups in total. The monoisotopic (exact) mass is 236 g/mol. The van der Waals surface area contributed by atoms with E-state index in [1.807, 2.05) is 33.5 Å². The highest BCUT2D eigenvalue weighted by molar-refractivity contribution is 7.64. The standard InChI is InChI=1S/C9H21O3PSi/c1-6-13(11,7-2)8-9(10)12-14(3,4)5/h6-8H2,1-5H3. The van der Waals surface area contributed by atoms with E-state index in [1.54, 1.807) is 0 Å². The fraction of sp³-hybridized carbons (Fsp3) is 0.889. The van der Waals surface area contributed by atoms with Crippen molar-refractivity contribution in [3.8, 4) is 0 Å². The van der Waals surface area contributed by atoms with Gasteiger partial charge in [-0.25, -0.2) is 0 Å². The second kappa shape index (κ2) is 5.13. The van der Waals surface area contributed by atoms with E-state index in [1.165, 1.54) is 0 Å². The van der Waals surface area contributed by atoms with Gasteiger partial charge in [0.2, 0.25) is 8.32 Å². The lowest BCUT2D eigenvalue weighted by molar-refractivity contribution is -0.132. The van der Waals surface area contributed by atoms with E-state index >= 15 is 0 Å². The van der Waals surface area contributed by atoms with Gasteiger partial charge in [-0.05, 0) is 32.0 Å². The molecule has 0 aliphatic heterocycles. The Labute approximate surface area is 87.7 Å². The molecule has 0 saturated carbocycles. The largest absolute Gasteiger partial charge is 0.520 e. The maximum absolute atomic E-state index is 12.0. The number of carbonyl (C=O) groups excluding carboxylic acids is 1. The molecule has 0 radical (unpaired) electrons. The zero-order chi connectivity index (χ0) is 11.4. The van der Waals surface area contributed by atoms with Gasteiger partial charge in [0.15, 0.2) is 0 Å². The number of rotatable bonds is 5. The fourth-order valence-corrected chi connectivity index (χ4v) is 3.36. The lowest BCUT2D eigenvalue weighted by Gasteiger charge is -2.20. The Balaban J connectivity index is 4.26. The predicted octanol–water partition coefficient (Wildman–Crippen LogP) is 2.77. The van der Waals surface area contributed by atoms with Crippen molar-refractivity contribution in [2.24, 2.45) is 0 Å². The van der Waals surface area contributed by atoms with Crippen molar-refractivity contribution in [3.05, 3.63) is 0 Å². The van der Waals surface area contributed by atoms with Crippen LogP contribution < -0.4 is 0 Å². The molecular formula is C9H21O3PSi. The van der Waals surface area contributed by atoms with Crippen molar-refractivity contribution in [2.75, 3.05) is 18.5 Å². The van der Waals surface area contributed by atoms with Crippen LogP contribution in [-0.2, 0) is 13.8 Å². The molecule has 0 aromatic rings. The Morgan fingerprint density at radius 1 is 1.21 bits per heavy atom. The van der Waals surface area contributed by atoms with Crippen LogP contribution in [0, 0.1) is 0 Å². The first-order chi connectivity index (χ1) is 6.22. The molecule has 0 fully saturated rings. The Morgan fingerprint density at radius 3 is 1.93 bits per heavy atom. The summed E-state index contributed by atoms with van der Waals surface area (Å²) in [5, 5.41) is 0. The van der Waals surface area contributed by atoms with Crippen LogP contribution in [0.15, 0.2) is 0 Å². The van der Waals surface area contributed by atoms with E-state index in [9.17, 15) is 9.36 Å². The molecule has 0 atom stereocenters. The predicted molar refractivity (Wildman–Crippen MR) is 63.0 cm³/mol. The summed E-state index contributed by atoms with van der Waals surface area (Å²) >= 11 is 0. The molecular weight excluding hydrogens is 215 g/mol. The van der Waals surface area contributed by atoms with Crippen molar-refractivity contribution in [1.29, 1.82) is 0 Å². The molecule has 0 saturated heterocycles. The number of hydrogen-bond donors (Lipinski definition) is 0. The summed E-state index contributed by atoms with van der Waals surface area (Å²) in [5.41, 5.74) is 0. The zero-order valence-corrected chi connectivity index (χ0v) is 11.7. The van der Waals surface area contributed by atoms with Crippen LogP contribution in [0.1, 0.15) is 13.8 Å². The van der Waals surface area contributed by atoms with Crippen LogP contribution in [0.5, 0.6) is 0 Å². The molecule has 14 heavy (non-hydrogen) atoms. The topological polar surface area (TPSA) is 43.4 Å². The first-order valence-electron chi connectivity index (χ1n) is 5.01. The van der Waals surface area contributed by atoms with Crippen LogP contribution in [0.25, 0.3) is 0 Å². The third kappa shape index (κ3) is 5.61. The molecule has 0 aromatic carbocycles. The maximum Gasteiger partial charge on any atom is 0.299 e. The van der Waals surface area contributed by atoms with Crippen molar-refractivity contribution in [1.82, 2.24) is 0 Å². The minimum atomic E-state index is -2.28. The summed E-state index contributed by atoms with van der Waals surface area (Å²) in [6.07, 6.45) is 1.29. The van der Waals surface area contributed by atoms with Crippen LogP contribution >= 0.6 is 7.14 Å². The van der Waals surface area contributed by atoms with Gasteiger partial charge in [-0.1, -0.05) is 13.8 Å². The van der Waals surface area contributed by atoms with Gasteiger partial charge in [-0.15, -0.1) is 0 Å². The van der Waals surface area contributed by atoms with Crippen LogP contribution in [0.4, 0.5) is 0 Å². The Morgan fingerprint density at radius 2 is 1.64 bits per heavy atom. The first kappa shape index (κ1) is 13.9. The van der Waals surface area contributed by atoms with Crippen molar-refractivity contribution in [3.63, 3.8) is 0 Å². The minimum absolute atomic E-state index is 0.115. The van der Waals surface area contributed by atoms with Gasteiger partial charge in [0.05, 0.1) is 13.3 Å². The van der Waals surface area contributed by atoms with Gasteiger partial charge in [-0.2, -0.15) is 0 Å². The van der Waals surface area contributed by atoms with E-state index in [0.717, 1.165) is 0 Å². The molecule has 0 heterocycles. The van der Waals surface area contributed by atoms with E-state index in [-0.39, 0.29) is 12.1 Å². The highest BCUT2D eigenvalue weighted by Crippen LogP contribution is 2.44. The van der Waals surface area contributed by atoms with Crippen molar-refractivity contribution < 1.29 is 13.8 Å². The lowest BCUT2D eigenvalue weighted by Crippen LogP contribution is -2.30. The average Bonchev–Trinajstić information content (AvgIpc) is 2.00. The summed E-state index contributed by atoms with van der Waals surface area (Å²) in [6.45, 7) is 9.59. The highest BCUT2D eigenvalue weighted by Gasteiger charge is 2.26. The zero-order valence-electron chi connectivity index (χ0n) is 9.79. The molecule has 3 nitrogen and oxygen atoms in total. The van der Waals surface area contributed by atoms with Crippen molar-refractivity contribution >= 4 is 21.4 Å². The van der Waals surface area contributed by atoms with Gasteiger partial charge < -0.3 is 8.99 Å². The van der Waals surface area contributed by atoms with E-state index in [2.05, 4.69) is 0 Å². The second-order valence-corrected chi connectivity index (χ2v) is 12.6. The van der Waals surface area contributed by atoms with Gasteiger partial charge in [0.25, 0.3) is 5.97 Å². The second-order valence-electron chi connectivity index (χ2n) is 4.44. The first-order valence-corrected chi connectivity index (χ1v) is 10.7. The van der Waals surface area contributed by atoms with Gasteiger partial charge >= 0.3 is 0 Å². The molecule has 0 aliphatic carbocycles. The smallest absolute Gasteiger partial charge is 0.299 e. The molecule has 0 aliphatic rings. The summed E-state index contributed by atoms with van der Waals surface area (Å²) < 4.78 is 17.2. The number of hydrogen-bond acceptors (Lipinski definition) is 3. The molecule has 0 amide bonds. The van der Waals surface area contributed by atoms with E-state index < -0.39 is 15.5 Å². The Bertz CT molecular complexity index is 237. The van der Waals surface area contributed by atoms with Gasteiger partial charge in [0.1, 0.15) is 0 Å².